The van der Waals surface area contributed by atoms with E-state index in [0.29, 0.717) is 29.5 Å². The highest BCUT2D eigenvalue weighted by atomic mass is 32.1. The quantitative estimate of drug-likeness (QED) is 0.530. The molecule has 0 aliphatic heterocycles. The van der Waals surface area contributed by atoms with Gasteiger partial charge in [-0.1, -0.05) is 18.1 Å². The van der Waals surface area contributed by atoms with Crippen LogP contribution >= 0.6 is 11.3 Å². The Kier molecular flexibility index (Phi) is 7.03. The number of ether oxygens (including phenoxy) is 1. The fourth-order valence-corrected chi connectivity index (χ4v) is 3.17. The van der Waals surface area contributed by atoms with Crippen molar-refractivity contribution < 1.29 is 18.7 Å². The summed E-state index contributed by atoms with van der Waals surface area (Å²) in [6.07, 6.45) is 7.42. The van der Waals surface area contributed by atoms with Crippen LogP contribution in [0, 0.1) is 12.3 Å². The molecule has 2 N–H and O–H groups in total. The van der Waals surface area contributed by atoms with Gasteiger partial charge in [-0.15, -0.1) is 17.8 Å². The fourth-order valence-electron chi connectivity index (χ4n) is 2.46. The van der Waals surface area contributed by atoms with Gasteiger partial charge in [0.15, 0.2) is 10.9 Å². The third-order valence-electron chi connectivity index (χ3n) is 3.84. The number of nitrogens with one attached hydrogen (secondary N) is 2. The minimum Gasteiger partial charge on any atom is -0.481 e. The monoisotopic (exact) mass is 409 g/mol. The van der Waals surface area contributed by atoms with E-state index >= 15 is 0 Å². The SMILES string of the molecule is C#CCOc1ccc(CCNC(=O)Cc2csc(NC(=O)c3ccco3)n2)cc1. The van der Waals surface area contributed by atoms with E-state index in [4.69, 9.17) is 15.6 Å². The van der Waals surface area contributed by atoms with Crippen molar-refractivity contribution in [3.05, 3.63) is 65.1 Å². The lowest BCUT2D eigenvalue weighted by Gasteiger charge is -2.06. The number of furan rings is 1. The number of hydrogen-bond donors (Lipinski definition) is 2. The van der Waals surface area contributed by atoms with Crippen LogP contribution in [0.1, 0.15) is 21.8 Å². The summed E-state index contributed by atoms with van der Waals surface area (Å²) >= 11 is 1.26. The molecule has 0 spiro atoms. The molecular formula is C21H19N3O4S. The van der Waals surface area contributed by atoms with Gasteiger partial charge in [0.1, 0.15) is 12.4 Å². The first-order valence-corrected chi connectivity index (χ1v) is 9.73. The van der Waals surface area contributed by atoms with Gasteiger partial charge in [0.05, 0.1) is 18.4 Å². The largest absolute Gasteiger partial charge is 0.481 e. The van der Waals surface area contributed by atoms with Crippen LogP contribution in [0.2, 0.25) is 0 Å². The van der Waals surface area contributed by atoms with Crippen molar-refractivity contribution in [3.63, 3.8) is 0 Å². The minimum absolute atomic E-state index is 0.131. The van der Waals surface area contributed by atoms with Gasteiger partial charge in [0.2, 0.25) is 5.91 Å². The highest BCUT2D eigenvalue weighted by Crippen LogP contribution is 2.17. The van der Waals surface area contributed by atoms with Crippen molar-refractivity contribution in [3.8, 4) is 18.1 Å². The van der Waals surface area contributed by atoms with Crippen molar-refractivity contribution >= 4 is 28.3 Å². The highest BCUT2D eigenvalue weighted by molar-refractivity contribution is 7.14. The Morgan fingerprint density at radius 2 is 2.07 bits per heavy atom. The zero-order valence-corrected chi connectivity index (χ0v) is 16.3. The van der Waals surface area contributed by atoms with Crippen LogP contribution in [0.3, 0.4) is 0 Å². The summed E-state index contributed by atoms with van der Waals surface area (Å²) in [5.74, 6) is 2.83. The number of benzene rings is 1. The number of aromatic nitrogens is 1. The first-order chi connectivity index (χ1) is 14.1. The summed E-state index contributed by atoms with van der Waals surface area (Å²) in [4.78, 5) is 28.3. The Labute approximate surface area is 172 Å². The Bertz CT molecular complexity index is 988. The van der Waals surface area contributed by atoms with Crippen molar-refractivity contribution in [1.29, 1.82) is 0 Å². The zero-order chi connectivity index (χ0) is 20.5. The molecule has 2 heterocycles. The van der Waals surface area contributed by atoms with Crippen LogP contribution in [-0.4, -0.2) is 29.9 Å². The predicted octanol–water partition coefficient (Wildman–Crippen LogP) is 2.90. The normalized spacial score (nSPS) is 10.2. The summed E-state index contributed by atoms with van der Waals surface area (Å²) in [6.45, 7) is 0.746. The second kappa shape index (κ2) is 10.1. The Morgan fingerprint density at radius 1 is 1.24 bits per heavy atom. The van der Waals surface area contributed by atoms with E-state index in [2.05, 4.69) is 21.5 Å². The van der Waals surface area contributed by atoms with Crippen LogP contribution in [0.25, 0.3) is 0 Å². The Balaban J connectivity index is 1.40. The first kappa shape index (κ1) is 20.2. The summed E-state index contributed by atoms with van der Waals surface area (Å²) < 4.78 is 10.4. The second-order valence-electron chi connectivity index (χ2n) is 5.99. The molecule has 1 aromatic carbocycles. The van der Waals surface area contributed by atoms with Crippen molar-refractivity contribution in [2.45, 2.75) is 12.8 Å². The van der Waals surface area contributed by atoms with Gasteiger partial charge in [-0.05, 0) is 36.2 Å². The highest BCUT2D eigenvalue weighted by Gasteiger charge is 2.12. The average molecular weight is 409 g/mol. The molecule has 0 aliphatic rings. The number of rotatable bonds is 9. The van der Waals surface area contributed by atoms with Crippen molar-refractivity contribution in [2.24, 2.45) is 0 Å². The van der Waals surface area contributed by atoms with Crippen molar-refractivity contribution in [1.82, 2.24) is 10.3 Å². The topological polar surface area (TPSA) is 93.5 Å². The molecule has 0 aliphatic carbocycles. The molecule has 0 fully saturated rings. The summed E-state index contributed by atoms with van der Waals surface area (Å²) in [5, 5.41) is 7.67. The van der Waals surface area contributed by atoms with E-state index in [1.165, 1.54) is 17.6 Å². The zero-order valence-electron chi connectivity index (χ0n) is 15.5. The molecule has 3 aromatic rings. The molecule has 7 nitrogen and oxygen atoms in total. The number of thiazole rings is 1. The van der Waals surface area contributed by atoms with Gasteiger partial charge < -0.3 is 14.5 Å². The molecule has 0 unspecified atom stereocenters. The summed E-state index contributed by atoms with van der Waals surface area (Å²) in [5.41, 5.74) is 1.67. The third kappa shape index (κ3) is 6.23. The molecule has 29 heavy (non-hydrogen) atoms. The number of amides is 2. The smallest absolute Gasteiger partial charge is 0.293 e. The van der Waals surface area contributed by atoms with Gasteiger partial charge in [-0.3, -0.25) is 14.9 Å². The maximum Gasteiger partial charge on any atom is 0.293 e. The molecule has 0 saturated carbocycles. The number of carbonyl (C=O) groups is 2. The molecule has 0 radical (unpaired) electrons. The lowest BCUT2D eigenvalue weighted by atomic mass is 10.1. The lowest BCUT2D eigenvalue weighted by Crippen LogP contribution is -2.27. The molecule has 8 heteroatoms. The van der Waals surface area contributed by atoms with E-state index in [0.717, 1.165) is 5.56 Å². The Morgan fingerprint density at radius 3 is 2.79 bits per heavy atom. The van der Waals surface area contributed by atoms with E-state index < -0.39 is 0 Å². The van der Waals surface area contributed by atoms with Crippen LogP contribution in [0.15, 0.2) is 52.5 Å². The fraction of sp³-hybridized carbons (Fsp3) is 0.190. The maximum absolute atomic E-state index is 12.1. The molecule has 148 valence electrons. The van der Waals surface area contributed by atoms with Gasteiger partial charge in [0, 0.05) is 11.9 Å². The predicted molar refractivity (Wildman–Crippen MR) is 110 cm³/mol. The van der Waals surface area contributed by atoms with Crippen LogP contribution in [0.5, 0.6) is 5.75 Å². The molecular weight excluding hydrogens is 390 g/mol. The average Bonchev–Trinajstić information content (AvgIpc) is 3.40. The van der Waals surface area contributed by atoms with Crippen molar-refractivity contribution in [2.75, 3.05) is 18.5 Å². The third-order valence-corrected chi connectivity index (χ3v) is 4.65. The molecule has 0 bridgehead atoms. The number of terminal acetylenes is 1. The van der Waals surface area contributed by atoms with E-state index in [1.807, 2.05) is 24.3 Å². The molecule has 0 atom stereocenters. The number of nitrogens with zero attached hydrogens (tertiary/aromatic N) is 1. The minimum atomic E-state index is -0.379. The van der Waals surface area contributed by atoms with Gasteiger partial charge in [0.25, 0.3) is 5.91 Å². The summed E-state index contributed by atoms with van der Waals surface area (Å²) in [6, 6.07) is 10.8. The van der Waals surface area contributed by atoms with Gasteiger partial charge >= 0.3 is 0 Å². The van der Waals surface area contributed by atoms with E-state index in [9.17, 15) is 9.59 Å². The lowest BCUT2D eigenvalue weighted by molar-refractivity contribution is -0.120. The van der Waals surface area contributed by atoms with Gasteiger partial charge in [-0.2, -0.15) is 0 Å². The van der Waals surface area contributed by atoms with Crippen LogP contribution in [0.4, 0.5) is 5.13 Å². The molecule has 0 saturated heterocycles. The molecule has 3 rings (SSSR count). The number of hydrogen-bond acceptors (Lipinski definition) is 6. The number of carbonyl (C=O) groups excluding carboxylic acids is 2. The molecule has 2 aromatic heterocycles. The molecule has 2 amide bonds. The summed E-state index contributed by atoms with van der Waals surface area (Å²) in [7, 11) is 0. The second-order valence-corrected chi connectivity index (χ2v) is 6.85. The Hall–Kier alpha value is -3.57. The van der Waals surface area contributed by atoms with E-state index in [1.54, 1.807) is 17.5 Å². The first-order valence-electron chi connectivity index (χ1n) is 8.85. The number of anilines is 1. The van der Waals surface area contributed by atoms with Gasteiger partial charge in [-0.25, -0.2) is 4.98 Å². The maximum atomic E-state index is 12.1. The van der Waals surface area contributed by atoms with Crippen LogP contribution in [-0.2, 0) is 17.6 Å². The standard InChI is InChI=1S/C21H19N3O4S/c1-2-11-27-17-7-5-15(6-8-17)9-10-22-19(25)13-16-14-29-21(23-16)24-20(26)18-4-3-12-28-18/h1,3-8,12,14H,9-11,13H2,(H,22,25)(H,23,24,26). The van der Waals surface area contributed by atoms with Crippen LogP contribution < -0.4 is 15.4 Å². The van der Waals surface area contributed by atoms with E-state index in [-0.39, 0.29) is 30.6 Å².